The summed E-state index contributed by atoms with van der Waals surface area (Å²) in [4.78, 5) is 13.6. The minimum atomic E-state index is 0.390. The first-order valence-corrected chi connectivity index (χ1v) is 8.71. The molecule has 26 heavy (non-hydrogen) atoms. The van der Waals surface area contributed by atoms with E-state index < -0.39 is 0 Å². The number of rotatable bonds is 4. The van der Waals surface area contributed by atoms with Crippen LogP contribution in [0.2, 0.25) is 0 Å². The zero-order valence-electron chi connectivity index (χ0n) is 14.4. The lowest BCUT2D eigenvalue weighted by molar-refractivity contribution is 0.786. The fourth-order valence-corrected chi connectivity index (χ4v) is 3.36. The Bertz CT molecular complexity index is 1060. The van der Waals surface area contributed by atoms with Crippen molar-refractivity contribution in [2.75, 3.05) is 5.32 Å². The molecule has 0 unspecified atom stereocenters. The van der Waals surface area contributed by atoms with Gasteiger partial charge in [-0.2, -0.15) is 5.10 Å². The third-order valence-electron chi connectivity index (χ3n) is 4.87. The van der Waals surface area contributed by atoms with Gasteiger partial charge in [-0.1, -0.05) is 30.3 Å². The summed E-state index contributed by atoms with van der Waals surface area (Å²) in [7, 11) is 1.90. The molecule has 0 bridgehead atoms. The predicted octanol–water partition coefficient (Wildman–Crippen LogP) is 3.39. The highest BCUT2D eigenvalue weighted by Gasteiger charge is 2.39. The van der Waals surface area contributed by atoms with E-state index in [2.05, 4.69) is 45.7 Å². The second-order valence-corrected chi connectivity index (χ2v) is 6.64. The molecule has 1 fully saturated rings. The molecule has 0 aliphatic heterocycles. The topological polar surface area (TPSA) is 68.5 Å². The lowest BCUT2D eigenvalue weighted by Crippen LogP contribution is -2.08. The minimum Gasteiger partial charge on any atom is -0.366 e. The molecule has 128 valence electrons. The Kier molecular flexibility index (Phi) is 3.41. The lowest BCUT2D eigenvalue weighted by atomic mass is 10.1. The van der Waals surface area contributed by atoms with E-state index in [9.17, 15) is 0 Å². The van der Waals surface area contributed by atoms with Gasteiger partial charge in [0, 0.05) is 37.0 Å². The molecule has 0 amide bonds. The number of aryl methyl sites for hydroxylation is 1. The molecule has 6 nitrogen and oxygen atoms in total. The molecule has 6 heteroatoms. The first kappa shape index (κ1) is 15.0. The van der Waals surface area contributed by atoms with E-state index in [0.717, 1.165) is 28.8 Å². The van der Waals surface area contributed by atoms with E-state index >= 15 is 0 Å². The Morgan fingerprint density at radius 3 is 2.65 bits per heavy atom. The molecule has 4 aromatic rings. The van der Waals surface area contributed by atoms with Crippen molar-refractivity contribution < 1.29 is 0 Å². The second kappa shape index (κ2) is 5.91. The highest BCUT2D eigenvalue weighted by molar-refractivity contribution is 5.88. The highest BCUT2D eigenvalue weighted by atomic mass is 15.3. The molecule has 1 saturated carbocycles. The average molecular weight is 342 g/mol. The van der Waals surface area contributed by atoms with Crippen molar-refractivity contribution in [1.29, 1.82) is 0 Å². The predicted molar refractivity (Wildman–Crippen MR) is 101 cm³/mol. The largest absolute Gasteiger partial charge is 0.366 e. The fourth-order valence-electron chi connectivity index (χ4n) is 3.36. The van der Waals surface area contributed by atoms with E-state index in [1.807, 2.05) is 25.4 Å². The standard InChI is InChI=1S/C20H18N6/c1-26-20-16(12-22-26)19(24-18(25-20)14-7-9-21-10-8-14)23-17-11-15(17)13-5-3-2-4-6-13/h2-10,12,15,17H,11H2,1H3,(H,23,24,25)/t15-,17+/m0/s1. The van der Waals surface area contributed by atoms with Gasteiger partial charge in [0.2, 0.25) is 0 Å². The van der Waals surface area contributed by atoms with Crippen molar-refractivity contribution in [3.63, 3.8) is 0 Å². The molecule has 1 aromatic carbocycles. The number of nitrogens with one attached hydrogen (secondary N) is 1. The SMILES string of the molecule is Cn1ncc2c(N[C@@H]3C[C@H]3c3ccccc3)nc(-c3ccncc3)nc21. The van der Waals surface area contributed by atoms with Crippen molar-refractivity contribution in [3.05, 3.63) is 66.6 Å². The maximum atomic E-state index is 4.79. The normalized spacial score (nSPS) is 18.8. The zero-order valence-corrected chi connectivity index (χ0v) is 14.4. The van der Waals surface area contributed by atoms with Crippen LogP contribution < -0.4 is 5.32 Å². The van der Waals surface area contributed by atoms with Gasteiger partial charge in [-0.05, 0) is 24.1 Å². The molecule has 5 rings (SSSR count). The van der Waals surface area contributed by atoms with Gasteiger partial charge in [0.15, 0.2) is 11.5 Å². The van der Waals surface area contributed by atoms with Crippen molar-refractivity contribution in [1.82, 2.24) is 24.7 Å². The smallest absolute Gasteiger partial charge is 0.164 e. The number of hydrogen-bond donors (Lipinski definition) is 1. The van der Waals surface area contributed by atoms with Crippen LogP contribution in [0, 0.1) is 0 Å². The Morgan fingerprint density at radius 2 is 1.85 bits per heavy atom. The molecule has 0 saturated heterocycles. The maximum absolute atomic E-state index is 4.79. The molecule has 2 atom stereocenters. The molecule has 1 aliphatic carbocycles. The number of fused-ring (bicyclic) bond motifs is 1. The molecule has 0 spiro atoms. The van der Waals surface area contributed by atoms with Gasteiger partial charge in [-0.25, -0.2) is 9.97 Å². The number of hydrogen-bond acceptors (Lipinski definition) is 5. The quantitative estimate of drug-likeness (QED) is 0.616. The van der Waals surface area contributed by atoms with Crippen LogP contribution in [0.25, 0.3) is 22.4 Å². The van der Waals surface area contributed by atoms with E-state index in [0.29, 0.717) is 17.8 Å². The number of anilines is 1. The molecule has 3 aromatic heterocycles. The highest BCUT2D eigenvalue weighted by Crippen LogP contribution is 2.43. The fraction of sp³-hybridized carbons (Fsp3) is 0.200. The van der Waals surface area contributed by atoms with Crippen LogP contribution in [0.1, 0.15) is 17.9 Å². The summed E-state index contributed by atoms with van der Waals surface area (Å²) in [6, 6.07) is 14.9. The third-order valence-corrected chi connectivity index (χ3v) is 4.87. The van der Waals surface area contributed by atoms with Gasteiger partial charge in [0.05, 0.1) is 11.6 Å². The third kappa shape index (κ3) is 2.60. The Morgan fingerprint density at radius 1 is 1.04 bits per heavy atom. The number of nitrogens with zero attached hydrogens (tertiary/aromatic N) is 5. The Balaban J connectivity index is 1.51. The monoisotopic (exact) mass is 342 g/mol. The summed E-state index contributed by atoms with van der Waals surface area (Å²) in [5.74, 6) is 2.06. The summed E-state index contributed by atoms with van der Waals surface area (Å²) >= 11 is 0. The van der Waals surface area contributed by atoms with Crippen LogP contribution in [0.5, 0.6) is 0 Å². The van der Waals surface area contributed by atoms with E-state index in [1.54, 1.807) is 17.1 Å². The lowest BCUT2D eigenvalue weighted by Gasteiger charge is -2.09. The average Bonchev–Trinajstić information content (AvgIpc) is 3.37. The minimum absolute atomic E-state index is 0.390. The maximum Gasteiger partial charge on any atom is 0.164 e. The van der Waals surface area contributed by atoms with Crippen LogP contribution in [-0.4, -0.2) is 30.8 Å². The van der Waals surface area contributed by atoms with Crippen molar-refractivity contribution >= 4 is 16.9 Å². The van der Waals surface area contributed by atoms with Crippen LogP contribution in [-0.2, 0) is 7.05 Å². The number of benzene rings is 1. The van der Waals surface area contributed by atoms with E-state index in [-0.39, 0.29) is 0 Å². The van der Waals surface area contributed by atoms with E-state index in [4.69, 9.17) is 9.97 Å². The van der Waals surface area contributed by atoms with Crippen LogP contribution in [0.3, 0.4) is 0 Å². The number of pyridine rings is 1. The Labute approximate surface area is 150 Å². The van der Waals surface area contributed by atoms with Crippen LogP contribution in [0.4, 0.5) is 5.82 Å². The first-order valence-electron chi connectivity index (χ1n) is 8.71. The van der Waals surface area contributed by atoms with Crippen LogP contribution in [0.15, 0.2) is 61.1 Å². The van der Waals surface area contributed by atoms with Crippen molar-refractivity contribution in [3.8, 4) is 11.4 Å². The number of aromatic nitrogens is 5. The van der Waals surface area contributed by atoms with Gasteiger partial charge in [-0.3, -0.25) is 9.67 Å². The van der Waals surface area contributed by atoms with Gasteiger partial charge < -0.3 is 5.32 Å². The van der Waals surface area contributed by atoms with Crippen molar-refractivity contribution in [2.24, 2.45) is 7.05 Å². The van der Waals surface area contributed by atoms with Gasteiger partial charge in [0.25, 0.3) is 0 Å². The first-order chi connectivity index (χ1) is 12.8. The summed E-state index contributed by atoms with van der Waals surface area (Å²) in [5.41, 5.74) is 3.14. The molecule has 1 aliphatic rings. The summed E-state index contributed by atoms with van der Waals surface area (Å²) < 4.78 is 1.79. The van der Waals surface area contributed by atoms with Crippen molar-refractivity contribution in [2.45, 2.75) is 18.4 Å². The molecule has 1 N–H and O–H groups in total. The molecule has 0 radical (unpaired) electrons. The summed E-state index contributed by atoms with van der Waals surface area (Å²) in [5, 5.41) is 8.92. The molecule has 3 heterocycles. The second-order valence-electron chi connectivity index (χ2n) is 6.64. The van der Waals surface area contributed by atoms with Crippen LogP contribution >= 0.6 is 0 Å². The van der Waals surface area contributed by atoms with Gasteiger partial charge in [0.1, 0.15) is 5.82 Å². The van der Waals surface area contributed by atoms with Gasteiger partial charge >= 0.3 is 0 Å². The summed E-state index contributed by atoms with van der Waals surface area (Å²) in [6.45, 7) is 0. The molecular weight excluding hydrogens is 324 g/mol. The Hall–Kier alpha value is -3.28. The summed E-state index contributed by atoms with van der Waals surface area (Å²) in [6.07, 6.45) is 6.45. The molecular formula is C20H18N6. The zero-order chi connectivity index (χ0) is 17.5. The van der Waals surface area contributed by atoms with Gasteiger partial charge in [-0.15, -0.1) is 0 Å². The van der Waals surface area contributed by atoms with E-state index in [1.165, 1.54) is 5.56 Å².